The molecule has 6 nitrogen and oxygen atoms in total. The zero-order chi connectivity index (χ0) is 21.8. The predicted molar refractivity (Wildman–Crippen MR) is 124 cm³/mol. The van der Waals surface area contributed by atoms with Crippen LogP contribution in [0.25, 0.3) is 6.08 Å². The molecule has 30 heavy (non-hydrogen) atoms. The van der Waals surface area contributed by atoms with Crippen LogP contribution in [0.5, 0.6) is 5.75 Å². The van der Waals surface area contributed by atoms with Crippen LogP contribution in [0.3, 0.4) is 0 Å². The van der Waals surface area contributed by atoms with Crippen LogP contribution >= 0.6 is 34.4 Å². The number of methoxy groups -OCH3 is 1. The van der Waals surface area contributed by atoms with Gasteiger partial charge in [-0.15, -0.1) is 0 Å². The second-order valence-corrected chi connectivity index (χ2v) is 8.87. The largest absolute Gasteiger partial charge is 0.488 e. The summed E-state index contributed by atoms with van der Waals surface area (Å²) in [5.74, 6) is -0.401. The Bertz CT molecular complexity index is 1020. The van der Waals surface area contributed by atoms with E-state index in [0.717, 1.165) is 37.1 Å². The van der Waals surface area contributed by atoms with Gasteiger partial charge in [-0.2, -0.15) is 0 Å². The zero-order valence-electron chi connectivity index (χ0n) is 16.7. The van der Waals surface area contributed by atoms with Gasteiger partial charge < -0.3 is 9.47 Å². The minimum atomic E-state index is -0.967. The highest BCUT2D eigenvalue weighted by atomic mass is 127. The highest BCUT2D eigenvalue weighted by Gasteiger charge is 2.41. The average Bonchev–Trinajstić information content (AvgIpc) is 3.00. The lowest BCUT2D eigenvalue weighted by Gasteiger charge is -2.18. The number of esters is 1. The van der Waals surface area contributed by atoms with Gasteiger partial charge in [0, 0.05) is 0 Å². The molecule has 8 heteroatoms. The highest BCUT2D eigenvalue weighted by molar-refractivity contribution is 14.1. The third-order valence-corrected chi connectivity index (χ3v) is 6.25. The minimum absolute atomic E-state index is 0.264. The first-order valence-electron chi connectivity index (χ1n) is 9.13. The summed E-state index contributed by atoms with van der Waals surface area (Å²) < 4.78 is 11.4. The molecule has 2 amide bonds. The van der Waals surface area contributed by atoms with Gasteiger partial charge in [0.25, 0.3) is 11.1 Å². The van der Waals surface area contributed by atoms with E-state index in [4.69, 9.17) is 4.74 Å². The second kappa shape index (κ2) is 9.65. The summed E-state index contributed by atoms with van der Waals surface area (Å²) in [4.78, 5) is 37.7. The van der Waals surface area contributed by atoms with Crippen molar-refractivity contribution in [1.29, 1.82) is 0 Å². The molecular formula is C22H20INO5S. The Morgan fingerprint density at radius 1 is 1.20 bits per heavy atom. The Kier molecular flexibility index (Phi) is 7.19. The average molecular weight is 537 g/mol. The topological polar surface area (TPSA) is 72.9 Å². The lowest BCUT2D eigenvalue weighted by molar-refractivity contribution is -0.148. The van der Waals surface area contributed by atoms with Crippen LogP contribution in [0.2, 0.25) is 0 Å². The Hall–Kier alpha value is -2.33. The number of aryl methyl sites for hydroxylation is 1. The SMILES string of the molecule is COC(=O)[C@@H](C)N1C(=O)S/C(=C/c2ccc(OCc3ccc(C)cc3)c(I)c2)C1=O. The third-order valence-electron chi connectivity index (χ3n) is 4.52. The first kappa shape index (κ1) is 22.4. The van der Waals surface area contributed by atoms with Gasteiger partial charge in [-0.25, -0.2) is 4.79 Å². The molecule has 2 aromatic carbocycles. The lowest BCUT2D eigenvalue weighted by atomic mass is 10.1. The summed E-state index contributed by atoms with van der Waals surface area (Å²) in [7, 11) is 1.22. The molecule has 1 aliphatic heterocycles. The highest BCUT2D eigenvalue weighted by Crippen LogP contribution is 2.34. The molecule has 1 atom stereocenters. The molecule has 0 saturated carbocycles. The molecule has 0 aliphatic carbocycles. The van der Waals surface area contributed by atoms with E-state index >= 15 is 0 Å². The van der Waals surface area contributed by atoms with Gasteiger partial charge in [0.05, 0.1) is 15.6 Å². The fourth-order valence-electron chi connectivity index (χ4n) is 2.81. The first-order valence-corrected chi connectivity index (χ1v) is 11.0. The maximum atomic E-state index is 12.6. The quantitative estimate of drug-likeness (QED) is 0.300. The molecule has 3 rings (SSSR count). The summed E-state index contributed by atoms with van der Waals surface area (Å²) in [6, 6.07) is 12.7. The van der Waals surface area contributed by atoms with Gasteiger partial charge in [-0.1, -0.05) is 35.9 Å². The predicted octanol–water partition coefficient (Wildman–Crippen LogP) is 4.78. The molecule has 1 fully saturated rings. The molecule has 156 valence electrons. The van der Waals surface area contributed by atoms with Crippen LogP contribution in [0.4, 0.5) is 4.79 Å². The van der Waals surface area contributed by atoms with Crippen molar-refractivity contribution < 1.29 is 23.9 Å². The monoisotopic (exact) mass is 537 g/mol. The van der Waals surface area contributed by atoms with Crippen molar-refractivity contribution in [2.75, 3.05) is 7.11 Å². The third kappa shape index (κ3) is 5.04. The van der Waals surface area contributed by atoms with Crippen molar-refractivity contribution in [3.63, 3.8) is 0 Å². The van der Waals surface area contributed by atoms with Crippen LogP contribution in [0.1, 0.15) is 23.6 Å². The molecule has 1 saturated heterocycles. The summed E-state index contributed by atoms with van der Waals surface area (Å²) >= 11 is 2.98. The summed E-state index contributed by atoms with van der Waals surface area (Å²) in [5.41, 5.74) is 3.04. The van der Waals surface area contributed by atoms with E-state index in [0.29, 0.717) is 6.61 Å². The van der Waals surface area contributed by atoms with Crippen molar-refractivity contribution in [2.45, 2.75) is 26.5 Å². The van der Waals surface area contributed by atoms with E-state index in [2.05, 4.69) is 27.3 Å². The van der Waals surface area contributed by atoms with Crippen molar-refractivity contribution >= 4 is 57.5 Å². The van der Waals surface area contributed by atoms with Gasteiger partial charge in [0.1, 0.15) is 18.4 Å². The fourth-order valence-corrected chi connectivity index (χ4v) is 4.41. The molecule has 0 bridgehead atoms. The number of hydrogen-bond donors (Lipinski definition) is 0. The first-order chi connectivity index (χ1) is 14.3. The van der Waals surface area contributed by atoms with Crippen LogP contribution < -0.4 is 4.74 Å². The number of carbonyl (C=O) groups excluding carboxylic acids is 3. The van der Waals surface area contributed by atoms with Crippen LogP contribution in [-0.2, 0) is 20.9 Å². The van der Waals surface area contributed by atoms with Gasteiger partial charge in [-0.05, 0) is 77.5 Å². The number of benzene rings is 2. The molecule has 0 aromatic heterocycles. The summed E-state index contributed by atoms with van der Waals surface area (Å²) in [6.45, 7) is 3.96. The zero-order valence-corrected chi connectivity index (χ0v) is 19.7. The number of nitrogens with zero attached hydrogens (tertiary/aromatic N) is 1. The fraction of sp³-hybridized carbons (Fsp3) is 0.227. The Labute approximate surface area is 192 Å². The molecule has 2 aromatic rings. The molecular weight excluding hydrogens is 517 g/mol. The van der Waals surface area contributed by atoms with Gasteiger partial charge in [0.15, 0.2) is 0 Å². The summed E-state index contributed by atoms with van der Waals surface area (Å²) in [5, 5.41) is -0.489. The van der Waals surface area contributed by atoms with Gasteiger partial charge >= 0.3 is 5.97 Å². The normalized spacial score (nSPS) is 16.1. The van der Waals surface area contributed by atoms with Crippen molar-refractivity contribution in [2.24, 2.45) is 0 Å². The number of halogens is 1. The van der Waals surface area contributed by atoms with Crippen LogP contribution in [0.15, 0.2) is 47.4 Å². The van der Waals surface area contributed by atoms with E-state index in [1.807, 2.05) is 49.4 Å². The van der Waals surface area contributed by atoms with E-state index in [-0.39, 0.29) is 4.91 Å². The second-order valence-electron chi connectivity index (χ2n) is 6.71. The number of ether oxygens (including phenoxy) is 2. The molecule has 0 spiro atoms. The molecule has 0 unspecified atom stereocenters. The molecule has 0 N–H and O–H groups in total. The maximum absolute atomic E-state index is 12.6. The standard InChI is InChI=1S/C22H20INO5S/c1-13-4-6-15(7-5-13)12-29-18-9-8-16(10-17(18)23)11-19-20(25)24(22(27)30-19)14(2)21(26)28-3/h4-11,14H,12H2,1-3H3/b19-11+/t14-/m1/s1. The maximum Gasteiger partial charge on any atom is 0.328 e. The molecule has 1 aliphatic rings. The number of rotatable bonds is 6. The van der Waals surface area contributed by atoms with E-state index < -0.39 is 23.2 Å². The molecule has 0 radical (unpaired) electrons. The Balaban J connectivity index is 1.72. The lowest BCUT2D eigenvalue weighted by Crippen LogP contribution is -2.42. The summed E-state index contributed by atoms with van der Waals surface area (Å²) in [6.07, 6.45) is 1.64. The Morgan fingerprint density at radius 3 is 2.53 bits per heavy atom. The number of imide groups is 1. The van der Waals surface area contributed by atoms with Crippen LogP contribution in [0, 0.1) is 10.5 Å². The van der Waals surface area contributed by atoms with Gasteiger partial charge in [-0.3, -0.25) is 14.5 Å². The van der Waals surface area contributed by atoms with E-state index in [1.165, 1.54) is 19.6 Å². The number of hydrogen-bond acceptors (Lipinski definition) is 6. The van der Waals surface area contributed by atoms with Crippen molar-refractivity contribution in [1.82, 2.24) is 4.90 Å². The van der Waals surface area contributed by atoms with Crippen LogP contribution in [-0.4, -0.2) is 35.2 Å². The number of amides is 2. The van der Waals surface area contributed by atoms with E-state index in [1.54, 1.807) is 6.08 Å². The van der Waals surface area contributed by atoms with Crippen molar-refractivity contribution in [3.8, 4) is 5.75 Å². The smallest absolute Gasteiger partial charge is 0.328 e. The number of carbonyl (C=O) groups is 3. The minimum Gasteiger partial charge on any atom is -0.488 e. The van der Waals surface area contributed by atoms with E-state index in [9.17, 15) is 14.4 Å². The van der Waals surface area contributed by atoms with Gasteiger partial charge in [0.2, 0.25) is 0 Å². The Morgan fingerprint density at radius 2 is 1.90 bits per heavy atom. The molecule has 1 heterocycles. The number of thioether (sulfide) groups is 1. The van der Waals surface area contributed by atoms with Crippen molar-refractivity contribution in [3.05, 3.63) is 67.6 Å².